The number of aromatic nitrogens is 2. The lowest BCUT2D eigenvalue weighted by Crippen LogP contribution is -2.38. The van der Waals surface area contributed by atoms with E-state index in [0.717, 1.165) is 49.1 Å². The molecule has 0 spiro atoms. The summed E-state index contributed by atoms with van der Waals surface area (Å²) < 4.78 is 10.9. The van der Waals surface area contributed by atoms with Crippen LogP contribution >= 0.6 is 11.6 Å². The number of primary amides is 1. The highest BCUT2D eigenvalue weighted by molar-refractivity contribution is 6.32. The van der Waals surface area contributed by atoms with Crippen LogP contribution in [-0.2, 0) is 22.4 Å². The molecule has 10 nitrogen and oxygen atoms in total. The second kappa shape index (κ2) is 12.6. The topological polar surface area (TPSA) is 144 Å². The second-order valence-corrected chi connectivity index (χ2v) is 11.2. The SMILES string of the molecule is COC[C@H](O)CNC1CCCc2c(ccc(Nc3ncc(Cl)c(N=CC4[C@@H](C(N)=O)[C@@H]5C=C[C@H]4C5)n3)c2OC)C1. The van der Waals surface area contributed by atoms with Crippen molar-refractivity contribution in [3.8, 4) is 5.75 Å². The molecule has 5 N–H and O–H groups in total. The summed E-state index contributed by atoms with van der Waals surface area (Å²) in [4.78, 5) is 25.5. The molecule has 1 aromatic carbocycles. The summed E-state index contributed by atoms with van der Waals surface area (Å²) in [6.45, 7) is 0.803. The largest absolute Gasteiger partial charge is 0.494 e. The summed E-state index contributed by atoms with van der Waals surface area (Å²) in [7, 11) is 3.25. The predicted molar refractivity (Wildman–Crippen MR) is 155 cm³/mol. The molecular weight excluding hydrogens is 532 g/mol. The first-order chi connectivity index (χ1) is 19.4. The normalized spacial score (nSPS) is 26.1. The van der Waals surface area contributed by atoms with Crippen LogP contribution < -0.4 is 21.1 Å². The lowest BCUT2D eigenvalue weighted by molar-refractivity contribution is -0.123. The van der Waals surface area contributed by atoms with Crippen molar-refractivity contribution in [3.63, 3.8) is 0 Å². The van der Waals surface area contributed by atoms with Crippen molar-refractivity contribution in [1.82, 2.24) is 15.3 Å². The van der Waals surface area contributed by atoms with E-state index in [4.69, 9.17) is 26.8 Å². The maximum absolute atomic E-state index is 12.1. The number of methoxy groups -OCH3 is 2. The fourth-order valence-corrected chi connectivity index (χ4v) is 6.48. The van der Waals surface area contributed by atoms with Gasteiger partial charge < -0.3 is 30.9 Å². The van der Waals surface area contributed by atoms with Gasteiger partial charge in [-0.05, 0) is 61.1 Å². The number of nitrogens with one attached hydrogen (secondary N) is 2. The standard InChI is InChI=1S/C29H37ClN6O4/c1-39-15-20(37)12-32-19-4-3-5-21-17(11-19)8-9-24(26(21)40-2)35-29-34-14-23(30)28(36-29)33-13-22-16-6-7-18(10-16)25(22)27(31)38/h6-9,13-14,16,18-20,22,25,32,37H,3-5,10-12,15H2,1-2H3,(H2,31,38)(H,34,35,36)/t16-,18+,19?,20+,22?,25-/m0/s1. The maximum Gasteiger partial charge on any atom is 0.229 e. The molecule has 214 valence electrons. The molecule has 3 aliphatic rings. The molecular formula is C29H37ClN6O4. The summed E-state index contributed by atoms with van der Waals surface area (Å²) in [5.41, 5.74) is 8.81. The number of hydrogen-bond donors (Lipinski definition) is 4. The molecule has 2 unspecified atom stereocenters. The molecule has 1 heterocycles. The highest BCUT2D eigenvalue weighted by Gasteiger charge is 2.46. The van der Waals surface area contributed by atoms with Crippen molar-refractivity contribution in [2.75, 3.05) is 32.7 Å². The first kappa shape index (κ1) is 28.5. The molecule has 1 fully saturated rings. The Morgan fingerprint density at radius 1 is 1.32 bits per heavy atom. The van der Waals surface area contributed by atoms with Crippen LogP contribution in [0.5, 0.6) is 5.75 Å². The molecule has 11 heteroatoms. The summed E-state index contributed by atoms with van der Waals surface area (Å²) in [5.74, 6) is 1.23. The molecule has 0 saturated heterocycles. The fraction of sp³-hybridized carbons (Fsp3) is 0.517. The Bertz CT molecular complexity index is 1290. The number of carbonyl (C=O) groups is 1. The van der Waals surface area contributed by atoms with E-state index in [1.807, 2.05) is 6.07 Å². The number of aliphatic hydroxyl groups excluding tert-OH is 1. The number of ether oxygens (including phenoxy) is 2. The first-order valence-electron chi connectivity index (χ1n) is 13.8. The van der Waals surface area contributed by atoms with Gasteiger partial charge in [-0.15, -0.1) is 0 Å². The summed E-state index contributed by atoms with van der Waals surface area (Å²) in [6.07, 6.45) is 11.6. The average Bonchev–Trinajstić information content (AvgIpc) is 3.48. The number of nitrogens with two attached hydrogens (primary N) is 1. The zero-order valence-electron chi connectivity index (χ0n) is 22.8. The minimum absolute atomic E-state index is 0.0684. The van der Waals surface area contributed by atoms with Gasteiger partial charge in [0.05, 0.1) is 37.6 Å². The molecule has 1 amide bonds. The van der Waals surface area contributed by atoms with Gasteiger partial charge in [-0.1, -0.05) is 29.8 Å². The predicted octanol–water partition coefficient (Wildman–Crippen LogP) is 3.35. The van der Waals surface area contributed by atoms with Gasteiger partial charge in [0.1, 0.15) is 10.8 Å². The zero-order valence-corrected chi connectivity index (χ0v) is 23.6. The maximum atomic E-state index is 12.1. The Balaban J connectivity index is 1.32. The van der Waals surface area contributed by atoms with Crippen molar-refractivity contribution in [2.45, 2.75) is 44.2 Å². The molecule has 0 aliphatic heterocycles. The number of fused-ring (bicyclic) bond motifs is 3. The average molecular weight is 569 g/mol. The lowest BCUT2D eigenvalue weighted by atomic mass is 9.83. The molecule has 1 saturated carbocycles. The Morgan fingerprint density at radius 3 is 2.92 bits per heavy atom. The number of rotatable bonds is 11. The molecule has 40 heavy (non-hydrogen) atoms. The van der Waals surface area contributed by atoms with E-state index in [1.54, 1.807) is 20.4 Å². The van der Waals surface area contributed by atoms with Gasteiger partial charge in [0.15, 0.2) is 5.82 Å². The van der Waals surface area contributed by atoms with Gasteiger partial charge in [0.2, 0.25) is 11.9 Å². The van der Waals surface area contributed by atoms with Crippen molar-refractivity contribution in [2.24, 2.45) is 34.4 Å². The van der Waals surface area contributed by atoms with Gasteiger partial charge in [0.25, 0.3) is 0 Å². The number of hydrogen-bond acceptors (Lipinski definition) is 9. The first-order valence-corrected chi connectivity index (χ1v) is 14.2. The number of aliphatic hydroxyl groups is 1. The summed E-state index contributed by atoms with van der Waals surface area (Å²) >= 11 is 6.39. The molecule has 6 atom stereocenters. The Morgan fingerprint density at radius 2 is 2.15 bits per heavy atom. The minimum Gasteiger partial charge on any atom is -0.494 e. The minimum atomic E-state index is -0.530. The van der Waals surface area contributed by atoms with Crippen LogP contribution in [0.25, 0.3) is 0 Å². The second-order valence-electron chi connectivity index (χ2n) is 10.8. The van der Waals surface area contributed by atoms with E-state index < -0.39 is 6.10 Å². The highest BCUT2D eigenvalue weighted by atomic mass is 35.5. The number of nitrogens with zero attached hydrogens (tertiary/aromatic N) is 3. The van der Waals surface area contributed by atoms with Crippen LogP contribution in [0.15, 0.2) is 35.5 Å². The third-order valence-electron chi connectivity index (χ3n) is 8.20. The number of anilines is 2. The molecule has 2 bridgehead atoms. The van der Waals surface area contributed by atoms with E-state index in [0.29, 0.717) is 29.9 Å². The Hall–Kier alpha value is -3.05. The van der Waals surface area contributed by atoms with Crippen molar-refractivity contribution in [3.05, 3.63) is 46.6 Å². The van der Waals surface area contributed by atoms with Crippen molar-refractivity contribution >= 4 is 41.2 Å². The monoisotopic (exact) mass is 568 g/mol. The highest BCUT2D eigenvalue weighted by Crippen LogP contribution is 2.47. The van der Waals surface area contributed by atoms with Crippen LogP contribution in [0, 0.1) is 23.7 Å². The van der Waals surface area contributed by atoms with Gasteiger partial charge >= 0.3 is 0 Å². The molecule has 1 aromatic heterocycles. The Kier molecular flexibility index (Phi) is 9.00. The molecule has 3 aliphatic carbocycles. The third-order valence-corrected chi connectivity index (χ3v) is 8.46. The fourth-order valence-electron chi connectivity index (χ4n) is 6.34. The number of benzene rings is 1. The van der Waals surface area contributed by atoms with E-state index in [-0.39, 0.29) is 35.6 Å². The summed E-state index contributed by atoms with van der Waals surface area (Å²) in [6, 6.07) is 4.34. The van der Waals surface area contributed by atoms with Gasteiger partial charge in [0, 0.05) is 31.8 Å². The molecule has 0 radical (unpaired) electrons. The van der Waals surface area contributed by atoms with Gasteiger partial charge in [-0.2, -0.15) is 4.98 Å². The third kappa shape index (κ3) is 6.15. The van der Waals surface area contributed by atoms with Crippen LogP contribution in [0.4, 0.5) is 17.5 Å². The number of halogens is 1. The smallest absolute Gasteiger partial charge is 0.229 e. The van der Waals surface area contributed by atoms with Crippen LogP contribution in [0.1, 0.15) is 30.4 Å². The van der Waals surface area contributed by atoms with E-state index in [9.17, 15) is 9.90 Å². The van der Waals surface area contributed by atoms with E-state index in [1.165, 1.54) is 11.8 Å². The van der Waals surface area contributed by atoms with Crippen LogP contribution in [0.3, 0.4) is 0 Å². The summed E-state index contributed by atoms with van der Waals surface area (Å²) in [5, 5.41) is 17.1. The number of carbonyl (C=O) groups excluding carboxylic acids is 1. The van der Waals surface area contributed by atoms with Crippen molar-refractivity contribution in [1.29, 1.82) is 0 Å². The number of allylic oxidation sites excluding steroid dienone is 2. The van der Waals surface area contributed by atoms with E-state index in [2.05, 4.69) is 43.8 Å². The van der Waals surface area contributed by atoms with Gasteiger partial charge in [-0.3, -0.25) is 4.79 Å². The number of aliphatic imine (C=N–C) groups is 1. The number of amides is 1. The zero-order chi connectivity index (χ0) is 28.2. The van der Waals surface area contributed by atoms with E-state index >= 15 is 0 Å². The molecule has 2 aromatic rings. The quantitative estimate of drug-likeness (QED) is 0.183. The Labute approximate surface area is 239 Å². The molecule has 5 rings (SSSR count). The van der Waals surface area contributed by atoms with Crippen molar-refractivity contribution < 1.29 is 19.4 Å². The van der Waals surface area contributed by atoms with Crippen LogP contribution in [-0.4, -0.2) is 66.7 Å². The van der Waals surface area contributed by atoms with Crippen LogP contribution in [0.2, 0.25) is 5.02 Å². The lowest BCUT2D eigenvalue weighted by Gasteiger charge is -2.21. The van der Waals surface area contributed by atoms with Gasteiger partial charge in [-0.25, -0.2) is 9.98 Å².